The SMILES string of the molecule is CCOC(=O)CNC(=O)COc1cccc(N)c1. The van der Waals surface area contributed by atoms with Crippen LogP contribution in [0.25, 0.3) is 0 Å². The minimum absolute atomic E-state index is 0.160. The molecule has 0 atom stereocenters. The molecule has 0 fully saturated rings. The van der Waals surface area contributed by atoms with Crippen LogP contribution in [-0.2, 0) is 14.3 Å². The van der Waals surface area contributed by atoms with Crippen molar-refractivity contribution in [2.24, 2.45) is 0 Å². The smallest absolute Gasteiger partial charge is 0.325 e. The Morgan fingerprint density at radius 2 is 2.17 bits per heavy atom. The largest absolute Gasteiger partial charge is 0.484 e. The van der Waals surface area contributed by atoms with Gasteiger partial charge in [0.05, 0.1) is 6.61 Å². The summed E-state index contributed by atoms with van der Waals surface area (Å²) in [7, 11) is 0. The van der Waals surface area contributed by atoms with Gasteiger partial charge >= 0.3 is 5.97 Å². The molecule has 1 amide bonds. The summed E-state index contributed by atoms with van der Waals surface area (Å²) < 4.78 is 9.86. The maximum Gasteiger partial charge on any atom is 0.325 e. The van der Waals surface area contributed by atoms with Crippen molar-refractivity contribution in [3.8, 4) is 5.75 Å². The lowest BCUT2D eigenvalue weighted by molar-refractivity contribution is -0.143. The topological polar surface area (TPSA) is 90.6 Å². The maximum atomic E-state index is 11.3. The summed E-state index contributed by atoms with van der Waals surface area (Å²) in [5, 5.41) is 2.38. The Labute approximate surface area is 105 Å². The summed E-state index contributed by atoms with van der Waals surface area (Å²) in [4.78, 5) is 22.3. The average Bonchev–Trinajstić information content (AvgIpc) is 2.34. The summed E-state index contributed by atoms with van der Waals surface area (Å²) in [5.74, 6) is -0.374. The summed E-state index contributed by atoms with van der Waals surface area (Å²) in [6.07, 6.45) is 0. The molecule has 0 unspecified atom stereocenters. The normalized spacial score (nSPS) is 9.61. The average molecular weight is 252 g/mol. The number of nitrogens with two attached hydrogens (primary N) is 1. The zero-order valence-electron chi connectivity index (χ0n) is 10.1. The Hall–Kier alpha value is -2.24. The van der Waals surface area contributed by atoms with Gasteiger partial charge < -0.3 is 20.5 Å². The number of amides is 1. The summed E-state index contributed by atoms with van der Waals surface area (Å²) in [5.41, 5.74) is 6.11. The van der Waals surface area contributed by atoms with E-state index < -0.39 is 11.9 Å². The van der Waals surface area contributed by atoms with E-state index in [9.17, 15) is 9.59 Å². The Morgan fingerprint density at radius 3 is 2.83 bits per heavy atom. The summed E-state index contributed by atoms with van der Waals surface area (Å²) in [6.45, 7) is 1.65. The number of carbonyl (C=O) groups excluding carboxylic acids is 2. The zero-order valence-corrected chi connectivity index (χ0v) is 10.1. The first-order valence-corrected chi connectivity index (χ1v) is 5.52. The highest BCUT2D eigenvalue weighted by atomic mass is 16.5. The molecule has 0 bridgehead atoms. The molecular weight excluding hydrogens is 236 g/mol. The molecule has 0 radical (unpaired) electrons. The van der Waals surface area contributed by atoms with E-state index in [1.165, 1.54) is 0 Å². The number of hydrogen-bond acceptors (Lipinski definition) is 5. The number of anilines is 1. The van der Waals surface area contributed by atoms with Crippen molar-refractivity contribution in [3.05, 3.63) is 24.3 Å². The number of ether oxygens (including phenoxy) is 2. The number of hydrogen-bond donors (Lipinski definition) is 2. The van der Waals surface area contributed by atoms with E-state index in [1.807, 2.05) is 0 Å². The van der Waals surface area contributed by atoms with Crippen LogP contribution in [0.1, 0.15) is 6.92 Å². The van der Waals surface area contributed by atoms with Crippen LogP contribution in [0.4, 0.5) is 5.69 Å². The highest BCUT2D eigenvalue weighted by Gasteiger charge is 2.06. The lowest BCUT2D eigenvalue weighted by Gasteiger charge is -2.07. The van der Waals surface area contributed by atoms with E-state index in [0.717, 1.165) is 0 Å². The van der Waals surface area contributed by atoms with Crippen molar-refractivity contribution < 1.29 is 19.1 Å². The molecule has 0 heterocycles. The number of nitrogens with one attached hydrogen (secondary N) is 1. The van der Waals surface area contributed by atoms with E-state index >= 15 is 0 Å². The highest BCUT2D eigenvalue weighted by molar-refractivity contribution is 5.82. The van der Waals surface area contributed by atoms with E-state index in [0.29, 0.717) is 11.4 Å². The van der Waals surface area contributed by atoms with Crippen molar-refractivity contribution >= 4 is 17.6 Å². The Kier molecular flexibility index (Phi) is 5.50. The van der Waals surface area contributed by atoms with Gasteiger partial charge in [0.25, 0.3) is 5.91 Å². The molecule has 18 heavy (non-hydrogen) atoms. The fraction of sp³-hybridized carbons (Fsp3) is 0.333. The van der Waals surface area contributed by atoms with Gasteiger partial charge in [0.15, 0.2) is 6.61 Å². The molecule has 3 N–H and O–H groups in total. The monoisotopic (exact) mass is 252 g/mol. The summed E-state index contributed by atoms with van der Waals surface area (Å²) >= 11 is 0. The third-order valence-electron chi connectivity index (χ3n) is 1.96. The minimum atomic E-state index is -0.477. The molecule has 1 aromatic rings. The molecule has 0 aromatic heterocycles. The third-order valence-corrected chi connectivity index (χ3v) is 1.96. The third kappa shape index (κ3) is 5.20. The molecule has 0 saturated carbocycles. The Morgan fingerprint density at radius 1 is 1.39 bits per heavy atom. The number of carbonyl (C=O) groups is 2. The molecule has 0 spiro atoms. The summed E-state index contributed by atoms with van der Waals surface area (Å²) in [6, 6.07) is 6.74. The van der Waals surface area contributed by atoms with Crippen molar-refractivity contribution in [1.82, 2.24) is 5.32 Å². The molecule has 0 saturated heterocycles. The molecular formula is C12H16N2O4. The van der Waals surface area contributed by atoms with Gasteiger partial charge in [-0.25, -0.2) is 0 Å². The fourth-order valence-corrected chi connectivity index (χ4v) is 1.19. The number of rotatable bonds is 6. The Balaban J connectivity index is 2.27. The van der Waals surface area contributed by atoms with Gasteiger partial charge in [0.1, 0.15) is 12.3 Å². The molecule has 0 aliphatic heterocycles. The number of nitrogen functional groups attached to an aromatic ring is 1. The van der Waals surface area contributed by atoms with E-state index in [2.05, 4.69) is 10.1 Å². The van der Waals surface area contributed by atoms with Crippen molar-refractivity contribution in [3.63, 3.8) is 0 Å². The lowest BCUT2D eigenvalue weighted by Crippen LogP contribution is -2.34. The van der Waals surface area contributed by atoms with Crippen molar-refractivity contribution in [2.45, 2.75) is 6.92 Å². The molecule has 6 heteroatoms. The van der Waals surface area contributed by atoms with Crippen LogP contribution in [0, 0.1) is 0 Å². The van der Waals surface area contributed by atoms with Crippen LogP contribution >= 0.6 is 0 Å². The van der Waals surface area contributed by atoms with E-state index in [4.69, 9.17) is 10.5 Å². The quantitative estimate of drug-likeness (QED) is 0.562. The number of esters is 1. The molecule has 6 nitrogen and oxygen atoms in total. The van der Waals surface area contributed by atoms with Crippen molar-refractivity contribution in [1.29, 1.82) is 0 Å². The first-order chi connectivity index (χ1) is 8.61. The van der Waals surface area contributed by atoms with Gasteiger partial charge in [-0.05, 0) is 19.1 Å². The molecule has 1 aromatic carbocycles. The predicted octanol–water partition coefficient (Wildman–Crippen LogP) is 0.327. The van der Waals surface area contributed by atoms with Crippen LogP contribution in [0.5, 0.6) is 5.75 Å². The van der Waals surface area contributed by atoms with Gasteiger partial charge in [-0.2, -0.15) is 0 Å². The van der Waals surface area contributed by atoms with Gasteiger partial charge in [-0.1, -0.05) is 6.07 Å². The van der Waals surface area contributed by atoms with E-state index in [1.54, 1.807) is 31.2 Å². The lowest BCUT2D eigenvalue weighted by atomic mass is 10.3. The van der Waals surface area contributed by atoms with Crippen molar-refractivity contribution in [2.75, 3.05) is 25.5 Å². The van der Waals surface area contributed by atoms with Crippen LogP contribution in [0.15, 0.2) is 24.3 Å². The molecule has 0 aliphatic rings. The highest BCUT2D eigenvalue weighted by Crippen LogP contribution is 2.13. The maximum absolute atomic E-state index is 11.3. The Bertz CT molecular complexity index is 420. The fourth-order valence-electron chi connectivity index (χ4n) is 1.19. The standard InChI is InChI=1S/C12H16N2O4/c1-2-17-12(16)7-14-11(15)8-18-10-5-3-4-9(13)6-10/h3-6H,2,7-8,13H2,1H3,(H,14,15). The second-order valence-corrected chi connectivity index (χ2v) is 3.44. The van der Waals surface area contributed by atoms with Gasteiger partial charge in [0, 0.05) is 11.8 Å². The van der Waals surface area contributed by atoms with Crippen LogP contribution in [-0.4, -0.2) is 31.6 Å². The van der Waals surface area contributed by atoms with Crippen LogP contribution in [0.2, 0.25) is 0 Å². The first kappa shape index (κ1) is 13.8. The second kappa shape index (κ2) is 7.16. The van der Waals surface area contributed by atoms with Crippen LogP contribution in [0.3, 0.4) is 0 Å². The van der Waals surface area contributed by atoms with Gasteiger partial charge in [-0.15, -0.1) is 0 Å². The second-order valence-electron chi connectivity index (χ2n) is 3.44. The van der Waals surface area contributed by atoms with Gasteiger partial charge in [0.2, 0.25) is 0 Å². The number of benzene rings is 1. The van der Waals surface area contributed by atoms with Crippen LogP contribution < -0.4 is 15.8 Å². The molecule has 0 aliphatic carbocycles. The van der Waals surface area contributed by atoms with E-state index in [-0.39, 0.29) is 19.8 Å². The molecule has 98 valence electrons. The predicted molar refractivity (Wildman–Crippen MR) is 66.0 cm³/mol. The first-order valence-electron chi connectivity index (χ1n) is 5.52. The molecule has 1 rings (SSSR count). The minimum Gasteiger partial charge on any atom is -0.484 e. The zero-order chi connectivity index (χ0) is 13.4. The van der Waals surface area contributed by atoms with Gasteiger partial charge in [-0.3, -0.25) is 9.59 Å².